The lowest BCUT2D eigenvalue weighted by atomic mass is 10.1. The topological polar surface area (TPSA) is 99.1 Å². The Labute approximate surface area is 335 Å². The predicted octanol–water partition coefficient (Wildman–Crippen LogP) is 11.4. The first kappa shape index (κ1) is 51.5. The van der Waals surface area contributed by atoms with E-state index in [-0.39, 0.29) is 42.7 Å². The van der Waals surface area contributed by atoms with Gasteiger partial charge in [0.05, 0.1) is 34.4 Å². The summed E-state index contributed by atoms with van der Waals surface area (Å²) in [6.45, 7) is 4.48. The van der Waals surface area contributed by atoms with Crippen LogP contribution in [0.1, 0.15) is 142 Å². The fraction of sp³-hybridized carbons (Fsp3) is 0.638. The normalized spacial score (nSPS) is 13.8. The molecule has 8 heteroatoms. The van der Waals surface area contributed by atoms with E-state index in [0.717, 1.165) is 83.5 Å². The second-order valence-corrected chi connectivity index (χ2v) is 14.9. The Balaban J connectivity index is 4.50. The third kappa shape index (κ3) is 35.9. The Kier molecular flexibility index (Phi) is 35.1. The van der Waals surface area contributed by atoms with Gasteiger partial charge in [-0.1, -0.05) is 131 Å². The van der Waals surface area contributed by atoms with Gasteiger partial charge in [-0.15, -0.1) is 0 Å². The second-order valence-electron chi connectivity index (χ2n) is 14.9. The van der Waals surface area contributed by atoms with Gasteiger partial charge >= 0.3 is 17.9 Å². The lowest BCUT2D eigenvalue weighted by Gasteiger charge is -2.31. The highest BCUT2D eigenvalue weighted by molar-refractivity contribution is 5.72. The molecule has 0 aromatic carbocycles. The number of esters is 2. The third-order valence-corrected chi connectivity index (χ3v) is 8.78. The quantitative estimate of drug-likeness (QED) is 0.0293. The van der Waals surface area contributed by atoms with Gasteiger partial charge in [0.1, 0.15) is 6.61 Å². The lowest BCUT2D eigenvalue weighted by Crippen LogP contribution is -2.50. The first-order valence-electron chi connectivity index (χ1n) is 21.1. The largest absolute Gasteiger partial charge is 0.477 e. The van der Waals surface area contributed by atoms with Crippen molar-refractivity contribution in [3.63, 3.8) is 0 Å². The van der Waals surface area contributed by atoms with E-state index in [9.17, 15) is 19.5 Å². The zero-order valence-electron chi connectivity index (χ0n) is 35.3. The molecule has 0 aromatic heterocycles. The van der Waals surface area contributed by atoms with Gasteiger partial charge in [0.25, 0.3) is 0 Å². The summed E-state index contributed by atoms with van der Waals surface area (Å²) in [4.78, 5) is 36.9. The van der Waals surface area contributed by atoms with Crippen LogP contribution in [0.2, 0.25) is 0 Å². The Morgan fingerprint density at radius 2 is 1.04 bits per heavy atom. The number of aliphatic carboxylic acids is 1. The van der Waals surface area contributed by atoms with Gasteiger partial charge in [0.15, 0.2) is 12.1 Å². The molecule has 0 aliphatic rings. The van der Waals surface area contributed by atoms with Crippen molar-refractivity contribution >= 4 is 17.9 Å². The minimum Gasteiger partial charge on any atom is -0.477 e. The Morgan fingerprint density at radius 1 is 0.564 bits per heavy atom. The summed E-state index contributed by atoms with van der Waals surface area (Å²) in [6.07, 6.45) is 47.8. The van der Waals surface area contributed by atoms with Crippen LogP contribution < -0.4 is 0 Å². The predicted molar refractivity (Wildman–Crippen MR) is 229 cm³/mol. The second kappa shape index (κ2) is 37.4. The van der Waals surface area contributed by atoms with Gasteiger partial charge < -0.3 is 23.8 Å². The number of allylic oxidation sites excluding steroid dienone is 14. The van der Waals surface area contributed by atoms with Crippen molar-refractivity contribution in [2.75, 3.05) is 41.0 Å². The molecule has 312 valence electrons. The molecule has 55 heavy (non-hydrogen) atoms. The molecule has 2 unspecified atom stereocenters. The Morgan fingerprint density at radius 3 is 1.58 bits per heavy atom. The molecule has 1 N–H and O–H groups in total. The molecule has 0 aromatic rings. The van der Waals surface area contributed by atoms with Crippen molar-refractivity contribution in [2.24, 2.45) is 0 Å². The van der Waals surface area contributed by atoms with Gasteiger partial charge in [-0.2, -0.15) is 0 Å². The van der Waals surface area contributed by atoms with Gasteiger partial charge in [-0.05, 0) is 77.0 Å². The van der Waals surface area contributed by atoms with E-state index in [1.807, 2.05) is 21.1 Å². The van der Waals surface area contributed by atoms with Gasteiger partial charge in [-0.3, -0.25) is 9.59 Å². The summed E-state index contributed by atoms with van der Waals surface area (Å²) in [6, 6.07) is -0.630. The van der Waals surface area contributed by atoms with Crippen molar-refractivity contribution in [1.29, 1.82) is 0 Å². The molecule has 2 atom stereocenters. The number of rotatable bonds is 36. The molecule has 0 saturated carbocycles. The standard InChI is InChI=1S/C47H77NO7/c1-6-8-10-12-14-16-18-19-20-21-22-23-24-25-26-28-30-32-34-36-38-46(50)55-43(41-53-40-39-44(47(51)52)48(3,4)5)42-54-45(49)37-35-33-31-29-27-17-15-13-11-9-7-2/h8,10,13-16,19-20,22-23,25-26,30,32,43-44H,6-7,9,11-12,17-18,21,24,27-29,31,33-42H2,1-5H3/p+1/b10-8+,15-13+,16-14+,20-19+,23-22+,26-25+,32-30+. The van der Waals surface area contributed by atoms with Crippen LogP contribution in [0.25, 0.3) is 0 Å². The van der Waals surface area contributed by atoms with Crippen LogP contribution in [0, 0.1) is 0 Å². The third-order valence-electron chi connectivity index (χ3n) is 8.78. The average Bonchev–Trinajstić information content (AvgIpc) is 3.14. The molecule has 0 aliphatic heterocycles. The number of hydrogen-bond acceptors (Lipinski definition) is 6. The molecule has 0 radical (unpaired) electrons. The van der Waals surface area contributed by atoms with Crippen molar-refractivity contribution < 1.29 is 38.2 Å². The molecule has 0 heterocycles. The monoisotopic (exact) mass is 769 g/mol. The number of carbonyl (C=O) groups excluding carboxylic acids is 2. The number of unbranched alkanes of at least 4 members (excludes halogenated alkanes) is 8. The minimum absolute atomic E-state index is 0.0303. The molecular weight excluding hydrogens is 691 g/mol. The molecule has 0 aliphatic carbocycles. The molecule has 0 bridgehead atoms. The SMILES string of the molecule is CC/C=C/C/C=C/C/C=C/C/C=C/C/C=C/C/C=C/CCCC(=O)OC(COCCC(C(=O)O)[N+](C)(C)C)COC(=O)CCCCCCC/C=C/CCCC. The highest BCUT2D eigenvalue weighted by atomic mass is 16.6. The summed E-state index contributed by atoms with van der Waals surface area (Å²) in [5, 5.41) is 9.60. The summed E-state index contributed by atoms with van der Waals surface area (Å²) in [7, 11) is 5.49. The van der Waals surface area contributed by atoms with Crippen LogP contribution in [0.15, 0.2) is 85.1 Å². The summed E-state index contributed by atoms with van der Waals surface area (Å²) >= 11 is 0. The van der Waals surface area contributed by atoms with Crippen LogP contribution in [-0.2, 0) is 28.6 Å². The fourth-order valence-corrected chi connectivity index (χ4v) is 5.49. The fourth-order valence-electron chi connectivity index (χ4n) is 5.49. The van der Waals surface area contributed by atoms with Crippen molar-refractivity contribution in [3.8, 4) is 0 Å². The van der Waals surface area contributed by atoms with E-state index < -0.39 is 18.1 Å². The van der Waals surface area contributed by atoms with Crippen molar-refractivity contribution in [3.05, 3.63) is 85.1 Å². The van der Waals surface area contributed by atoms with E-state index >= 15 is 0 Å². The van der Waals surface area contributed by atoms with E-state index in [0.29, 0.717) is 19.3 Å². The summed E-state index contributed by atoms with van der Waals surface area (Å²) < 4.78 is 17.2. The van der Waals surface area contributed by atoms with E-state index in [4.69, 9.17) is 14.2 Å². The number of quaternary nitrogens is 1. The molecule has 8 nitrogen and oxygen atoms in total. The number of ether oxygens (including phenoxy) is 3. The average molecular weight is 769 g/mol. The highest BCUT2D eigenvalue weighted by Crippen LogP contribution is 2.12. The van der Waals surface area contributed by atoms with Crippen LogP contribution in [0.5, 0.6) is 0 Å². The number of nitrogens with zero attached hydrogens (tertiary/aromatic N) is 1. The highest BCUT2D eigenvalue weighted by Gasteiger charge is 2.31. The molecule has 0 rings (SSSR count). The molecule has 0 spiro atoms. The number of hydrogen-bond donors (Lipinski definition) is 1. The summed E-state index contributed by atoms with van der Waals surface area (Å²) in [5.41, 5.74) is 0. The van der Waals surface area contributed by atoms with Crippen LogP contribution in [0.4, 0.5) is 0 Å². The molecule has 0 amide bonds. The number of carboxylic acids is 1. The van der Waals surface area contributed by atoms with Gasteiger partial charge in [0.2, 0.25) is 0 Å². The van der Waals surface area contributed by atoms with Gasteiger partial charge in [0, 0.05) is 19.3 Å². The molecular formula is C47H78NO7+. The maximum Gasteiger partial charge on any atom is 0.362 e. The van der Waals surface area contributed by atoms with E-state index in [1.165, 1.54) is 19.3 Å². The van der Waals surface area contributed by atoms with Gasteiger partial charge in [-0.25, -0.2) is 4.79 Å². The minimum atomic E-state index is -0.890. The smallest absolute Gasteiger partial charge is 0.362 e. The molecule has 0 saturated heterocycles. The first-order valence-corrected chi connectivity index (χ1v) is 21.1. The number of carbonyl (C=O) groups is 3. The van der Waals surface area contributed by atoms with Crippen molar-refractivity contribution in [1.82, 2.24) is 0 Å². The van der Waals surface area contributed by atoms with E-state index in [1.54, 1.807) is 0 Å². The van der Waals surface area contributed by atoms with Crippen LogP contribution in [-0.4, -0.2) is 80.6 Å². The number of likely N-dealkylation sites (N-methyl/N-ethyl adjacent to an activating group) is 1. The zero-order chi connectivity index (χ0) is 40.7. The maximum absolute atomic E-state index is 12.7. The lowest BCUT2D eigenvalue weighted by molar-refractivity contribution is -0.887. The summed E-state index contributed by atoms with van der Waals surface area (Å²) in [5.74, 6) is -1.57. The number of carboxylic acid groups (broad SMARTS) is 1. The zero-order valence-corrected chi connectivity index (χ0v) is 35.3. The first-order chi connectivity index (χ1) is 26.6. The van der Waals surface area contributed by atoms with Crippen LogP contribution in [0.3, 0.4) is 0 Å². The van der Waals surface area contributed by atoms with Crippen molar-refractivity contribution in [2.45, 2.75) is 154 Å². The molecule has 0 fully saturated rings. The van der Waals surface area contributed by atoms with Crippen LogP contribution >= 0.6 is 0 Å². The van der Waals surface area contributed by atoms with E-state index in [2.05, 4.69) is 98.9 Å². The maximum atomic E-state index is 12.7. The Bertz CT molecular complexity index is 1170. The Hall–Kier alpha value is -3.49.